The van der Waals surface area contributed by atoms with Crippen LogP contribution in [0, 0.1) is 0 Å². The van der Waals surface area contributed by atoms with Gasteiger partial charge in [0, 0.05) is 56.9 Å². The molecule has 0 aromatic rings. The van der Waals surface area contributed by atoms with Gasteiger partial charge in [0.25, 0.3) is 0 Å². The molecule has 1 aliphatic heterocycles. The van der Waals surface area contributed by atoms with E-state index in [0.717, 1.165) is 0 Å². The third kappa shape index (κ3) is 7.52. The largest absolute Gasteiger partial charge is 0.467 e. The predicted molar refractivity (Wildman–Crippen MR) is 114 cm³/mol. The summed E-state index contributed by atoms with van der Waals surface area (Å²) < 4.78 is 61.6. The van der Waals surface area contributed by atoms with E-state index in [2.05, 4.69) is 0 Å². The molecule has 12 nitrogen and oxygen atoms in total. The molecule has 1 heterocycles. The molecular formula is C21H40O12. The molecule has 0 spiro atoms. The van der Waals surface area contributed by atoms with Crippen molar-refractivity contribution in [2.24, 2.45) is 0 Å². The van der Waals surface area contributed by atoms with Crippen LogP contribution in [0.4, 0.5) is 0 Å². The molecule has 1 aliphatic rings. The quantitative estimate of drug-likeness (QED) is 0.267. The zero-order chi connectivity index (χ0) is 25.0. The predicted octanol–water partition coefficient (Wildman–Crippen LogP) is -0.348. The van der Waals surface area contributed by atoms with Gasteiger partial charge in [0.1, 0.15) is 42.7 Å². The lowest BCUT2D eigenvalue weighted by Gasteiger charge is -2.46. The Bertz CT molecular complexity index is 535. The SMILES string of the molecule is COC[C@H]1O[C@@H](O[C@@H]([C@H](OC)[C@@H](OC)C(=O)OC)[C@@H](COC)OC)[C@H](OC)[C@@H](OC)[C@H]1OC. The number of methoxy groups -OCH3 is 9. The highest BCUT2D eigenvalue weighted by Crippen LogP contribution is 2.31. The Morgan fingerprint density at radius 2 is 1.39 bits per heavy atom. The van der Waals surface area contributed by atoms with Crippen molar-refractivity contribution in [3.05, 3.63) is 0 Å². The summed E-state index contributed by atoms with van der Waals surface area (Å²) in [5.41, 5.74) is 0. The summed E-state index contributed by atoms with van der Waals surface area (Å²) in [4.78, 5) is 12.4. The van der Waals surface area contributed by atoms with Gasteiger partial charge in [-0.05, 0) is 0 Å². The van der Waals surface area contributed by atoms with Crippen LogP contribution in [0.3, 0.4) is 0 Å². The summed E-state index contributed by atoms with van der Waals surface area (Å²) in [5, 5.41) is 0. The van der Waals surface area contributed by atoms with Gasteiger partial charge in [0.05, 0.1) is 20.3 Å². The molecule has 0 unspecified atom stereocenters. The Hall–Kier alpha value is -0.930. The highest BCUT2D eigenvalue weighted by atomic mass is 16.7. The lowest BCUT2D eigenvalue weighted by molar-refractivity contribution is -0.337. The molecule has 196 valence electrons. The van der Waals surface area contributed by atoms with Crippen LogP contribution in [0.15, 0.2) is 0 Å². The maximum Gasteiger partial charge on any atom is 0.337 e. The van der Waals surface area contributed by atoms with Crippen molar-refractivity contribution in [1.82, 2.24) is 0 Å². The molecule has 1 rings (SSSR count). The molecule has 0 aromatic carbocycles. The Morgan fingerprint density at radius 3 is 1.82 bits per heavy atom. The van der Waals surface area contributed by atoms with Crippen LogP contribution in [0.25, 0.3) is 0 Å². The Kier molecular flexibility index (Phi) is 14.5. The fraction of sp³-hybridized carbons (Fsp3) is 0.952. The van der Waals surface area contributed by atoms with Crippen molar-refractivity contribution in [3.63, 3.8) is 0 Å². The molecule has 12 heteroatoms. The molecular weight excluding hydrogens is 444 g/mol. The maximum absolute atomic E-state index is 12.4. The second-order valence-corrected chi connectivity index (χ2v) is 7.31. The van der Waals surface area contributed by atoms with Crippen molar-refractivity contribution in [2.45, 2.75) is 55.1 Å². The van der Waals surface area contributed by atoms with Gasteiger partial charge >= 0.3 is 5.97 Å². The van der Waals surface area contributed by atoms with Crippen LogP contribution in [0.1, 0.15) is 0 Å². The first kappa shape index (κ1) is 30.1. The number of esters is 1. The van der Waals surface area contributed by atoms with Gasteiger partial charge in [0.15, 0.2) is 12.4 Å². The summed E-state index contributed by atoms with van der Waals surface area (Å²) in [5.74, 6) is -0.635. The van der Waals surface area contributed by atoms with Crippen molar-refractivity contribution in [1.29, 1.82) is 0 Å². The van der Waals surface area contributed by atoms with Crippen LogP contribution in [-0.4, -0.2) is 138 Å². The molecule has 9 atom stereocenters. The molecule has 0 radical (unpaired) electrons. The Balaban J connectivity index is 3.38. The molecule has 0 N–H and O–H groups in total. The van der Waals surface area contributed by atoms with E-state index in [1.807, 2.05) is 0 Å². The second kappa shape index (κ2) is 15.9. The fourth-order valence-corrected chi connectivity index (χ4v) is 3.99. The van der Waals surface area contributed by atoms with Crippen LogP contribution < -0.4 is 0 Å². The van der Waals surface area contributed by atoms with E-state index in [1.165, 1.54) is 42.7 Å². The monoisotopic (exact) mass is 484 g/mol. The van der Waals surface area contributed by atoms with E-state index in [9.17, 15) is 4.79 Å². The normalized spacial score (nSPS) is 29.3. The minimum Gasteiger partial charge on any atom is -0.467 e. The van der Waals surface area contributed by atoms with E-state index in [1.54, 1.807) is 21.3 Å². The van der Waals surface area contributed by atoms with Crippen LogP contribution in [-0.2, 0) is 56.9 Å². The van der Waals surface area contributed by atoms with E-state index in [4.69, 9.17) is 52.1 Å². The van der Waals surface area contributed by atoms with Crippen molar-refractivity contribution in [3.8, 4) is 0 Å². The molecule has 0 saturated carbocycles. The van der Waals surface area contributed by atoms with Gasteiger partial charge < -0.3 is 52.1 Å². The van der Waals surface area contributed by atoms with E-state index < -0.39 is 61.1 Å². The number of ether oxygens (including phenoxy) is 11. The average molecular weight is 485 g/mol. The average Bonchev–Trinajstić information content (AvgIpc) is 2.83. The third-order valence-electron chi connectivity index (χ3n) is 5.61. The first-order chi connectivity index (χ1) is 15.9. The minimum absolute atomic E-state index is 0.138. The van der Waals surface area contributed by atoms with Gasteiger partial charge in [-0.25, -0.2) is 4.79 Å². The Morgan fingerprint density at radius 1 is 0.758 bits per heavy atom. The van der Waals surface area contributed by atoms with Crippen molar-refractivity contribution < 1.29 is 56.9 Å². The van der Waals surface area contributed by atoms with Gasteiger partial charge in [0.2, 0.25) is 0 Å². The highest BCUT2D eigenvalue weighted by Gasteiger charge is 2.51. The van der Waals surface area contributed by atoms with Crippen LogP contribution >= 0.6 is 0 Å². The maximum atomic E-state index is 12.4. The number of hydrogen-bond donors (Lipinski definition) is 0. The molecule has 0 aromatic heterocycles. The lowest BCUT2D eigenvalue weighted by atomic mass is 9.97. The standard InChI is InChI=1S/C21H40O12/c1-23-10-12(25-3)15(17(28-6)18(29-7)20(22)31-9)33-21-19(30-8)16(27-5)14(26-4)13(32-21)11-24-2/h12-19,21H,10-11H2,1-9H3/t12-,13-,14+,15-,16+,17+,18-,19-,21+/m1/s1. The molecule has 0 bridgehead atoms. The van der Waals surface area contributed by atoms with Gasteiger partial charge in [-0.15, -0.1) is 0 Å². The molecule has 0 amide bonds. The zero-order valence-electron chi connectivity index (χ0n) is 21.0. The van der Waals surface area contributed by atoms with Crippen LogP contribution in [0.5, 0.6) is 0 Å². The second-order valence-electron chi connectivity index (χ2n) is 7.31. The minimum atomic E-state index is -1.11. The number of hydrogen-bond acceptors (Lipinski definition) is 12. The summed E-state index contributed by atoms with van der Waals surface area (Å²) >= 11 is 0. The van der Waals surface area contributed by atoms with E-state index in [0.29, 0.717) is 0 Å². The number of carbonyl (C=O) groups is 1. The van der Waals surface area contributed by atoms with Crippen LogP contribution in [0.2, 0.25) is 0 Å². The van der Waals surface area contributed by atoms with E-state index in [-0.39, 0.29) is 13.2 Å². The zero-order valence-corrected chi connectivity index (χ0v) is 21.0. The van der Waals surface area contributed by atoms with Crippen molar-refractivity contribution >= 4 is 5.97 Å². The first-order valence-electron chi connectivity index (χ1n) is 10.5. The van der Waals surface area contributed by atoms with Gasteiger partial charge in [-0.1, -0.05) is 0 Å². The van der Waals surface area contributed by atoms with Gasteiger partial charge in [-0.3, -0.25) is 0 Å². The number of rotatable bonds is 16. The smallest absolute Gasteiger partial charge is 0.337 e. The molecule has 1 fully saturated rings. The third-order valence-corrected chi connectivity index (χ3v) is 5.61. The molecule has 0 aliphatic carbocycles. The molecule has 1 saturated heterocycles. The lowest BCUT2D eigenvalue weighted by Crippen LogP contribution is -2.63. The highest BCUT2D eigenvalue weighted by molar-refractivity contribution is 5.75. The summed E-state index contributed by atoms with van der Waals surface area (Å²) in [6.07, 6.45) is -6.79. The Labute approximate surface area is 195 Å². The fourth-order valence-electron chi connectivity index (χ4n) is 3.99. The number of carbonyl (C=O) groups excluding carboxylic acids is 1. The molecule has 33 heavy (non-hydrogen) atoms. The van der Waals surface area contributed by atoms with Crippen molar-refractivity contribution in [2.75, 3.05) is 77.2 Å². The van der Waals surface area contributed by atoms with E-state index >= 15 is 0 Å². The van der Waals surface area contributed by atoms with Gasteiger partial charge in [-0.2, -0.15) is 0 Å². The summed E-state index contributed by atoms with van der Waals surface area (Å²) in [6, 6.07) is 0. The summed E-state index contributed by atoms with van der Waals surface area (Å²) in [7, 11) is 13.2. The topological polar surface area (TPSA) is 119 Å². The summed E-state index contributed by atoms with van der Waals surface area (Å²) in [6.45, 7) is 0.362. The first-order valence-corrected chi connectivity index (χ1v) is 10.5.